The minimum absolute atomic E-state index is 0.00174. The fraction of sp³-hybridized carbons (Fsp3) is 0.400. The number of hydrogen-bond acceptors (Lipinski definition) is 3. The Hall–Kier alpha value is -2.09. The molecular weight excluding hydrogens is 321 g/mol. The molecule has 2 amide bonds. The SMILES string of the molecule is CN(Cc1cc2cc(F)ccc2[nH]1)C(=O)N[C@H]1CCS(=O)(=O)C1. The van der Waals surface area contributed by atoms with Crippen molar-refractivity contribution in [3.8, 4) is 0 Å². The Morgan fingerprint density at radius 2 is 2.22 bits per heavy atom. The molecule has 1 aromatic carbocycles. The van der Waals surface area contributed by atoms with Gasteiger partial charge in [-0.15, -0.1) is 0 Å². The Labute approximate surface area is 133 Å². The second kappa shape index (κ2) is 5.84. The van der Waals surface area contributed by atoms with E-state index in [1.54, 1.807) is 19.2 Å². The van der Waals surface area contributed by atoms with Crippen LogP contribution in [0, 0.1) is 5.82 Å². The van der Waals surface area contributed by atoms with E-state index in [1.807, 2.05) is 0 Å². The Morgan fingerprint density at radius 1 is 1.43 bits per heavy atom. The van der Waals surface area contributed by atoms with Crippen LogP contribution in [0.4, 0.5) is 9.18 Å². The van der Waals surface area contributed by atoms with Gasteiger partial charge in [-0.05, 0) is 30.7 Å². The first kappa shape index (κ1) is 15.8. The van der Waals surface area contributed by atoms with Crippen LogP contribution < -0.4 is 5.32 Å². The maximum Gasteiger partial charge on any atom is 0.317 e. The third-order valence-corrected chi connectivity index (χ3v) is 5.72. The minimum atomic E-state index is -3.02. The molecule has 2 aromatic rings. The van der Waals surface area contributed by atoms with E-state index in [0.29, 0.717) is 13.0 Å². The van der Waals surface area contributed by atoms with Crippen LogP contribution in [0.5, 0.6) is 0 Å². The Kier molecular flexibility index (Phi) is 4.01. The lowest BCUT2D eigenvalue weighted by molar-refractivity contribution is 0.203. The fourth-order valence-electron chi connectivity index (χ4n) is 2.77. The van der Waals surface area contributed by atoms with Crippen LogP contribution in [-0.2, 0) is 16.4 Å². The molecule has 1 atom stereocenters. The average molecular weight is 339 g/mol. The van der Waals surface area contributed by atoms with E-state index in [0.717, 1.165) is 16.6 Å². The van der Waals surface area contributed by atoms with E-state index < -0.39 is 9.84 Å². The summed E-state index contributed by atoms with van der Waals surface area (Å²) in [5, 5.41) is 3.48. The number of nitrogens with one attached hydrogen (secondary N) is 2. The lowest BCUT2D eigenvalue weighted by Crippen LogP contribution is -2.43. The van der Waals surface area contributed by atoms with Crippen molar-refractivity contribution in [3.63, 3.8) is 0 Å². The number of rotatable bonds is 3. The van der Waals surface area contributed by atoms with E-state index in [1.165, 1.54) is 17.0 Å². The van der Waals surface area contributed by atoms with Gasteiger partial charge in [0.05, 0.1) is 18.1 Å². The molecule has 2 heterocycles. The first-order valence-corrected chi connectivity index (χ1v) is 9.14. The molecule has 23 heavy (non-hydrogen) atoms. The lowest BCUT2D eigenvalue weighted by atomic mass is 10.2. The maximum absolute atomic E-state index is 13.2. The van der Waals surface area contributed by atoms with Gasteiger partial charge in [0.25, 0.3) is 0 Å². The van der Waals surface area contributed by atoms with Crippen LogP contribution in [0.1, 0.15) is 12.1 Å². The molecule has 1 aliphatic heterocycles. The van der Waals surface area contributed by atoms with Crippen LogP contribution in [0.2, 0.25) is 0 Å². The normalized spacial score (nSPS) is 19.8. The number of aromatic amines is 1. The van der Waals surface area contributed by atoms with Crippen LogP contribution in [0.15, 0.2) is 24.3 Å². The summed E-state index contributed by atoms with van der Waals surface area (Å²) in [6.07, 6.45) is 0.452. The second-order valence-electron chi connectivity index (χ2n) is 5.93. The molecule has 3 rings (SSSR count). The summed E-state index contributed by atoms with van der Waals surface area (Å²) in [4.78, 5) is 16.7. The molecule has 0 unspecified atom stereocenters. The van der Waals surface area contributed by atoms with Crippen molar-refractivity contribution in [1.82, 2.24) is 15.2 Å². The number of sulfone groups is 1. The van der Waals surface area contributed by atoms with Gasteiger partial charge in [-0.2, -0.15) is 0 Å². The van der Waals surface area contributed by atoms with Crippen LogP contribution in [-0.4, -0.2) is 48.9 Å². The summed E-state index contributed by atoms with van der Waals surface area (Å²) in [6, 6.07) is 5.60. The Balaban J connectivity index is 1.63. The first-order valence-electron chi connectivity index (χ1n) is 7.31. The molecule has 2 N–H and O–H groups in total. The van der Waals surface area contributed by atoms with Crippen LogP contribution in [0.25, 0.3) is 10.9 Å². The van der Waals surface area contributed by atoms with Crippen molar-refractivity contribution in [1.29, 1.82) is 0 Å². The van der Waals surface area contributed by atoms with Gasteiger partial charge >= 0.3 is 6.03 Å². The van der Waals surface area contributed by atoms with E-state index in [-0.39, 0.29) is 29.4 Å². The first-order chi connectivity index (χ1) is 10.8. The van der Waals surface area contributed by atoms with Gasteiger partial charge in [-0.1, -0.05) is 0 Å². The number of halogens is 1. The smallest absolute Gasteiger partial charge is 0.317 e. The molecule has 8 heteroatoms. The summed E-state index contributed by atoms with van der Waals surface area (Å²) in [5.41, 5.74) is 1.58. The summed E-state index contributed by atoms with van der Waals surface area (Å²) in [5.74, 6) is -0.190. The summed E-state index contributed by atoms with van der Waals surface area (Å²) >= 11 is 0. The van der Waals surface area contributed by atoms with Gasteiger partial charge in [0.2, 0.25) is 0 Å². The van der Waals surface area contributed by atoms with Crippen LogP contribution >= 0.6 is 0 Å². The highest BCUT2D eigenvalue weighted by Gasteiger charge is 2.29. The predicted molar refractivity (Wildman–Crippen MR) is 85.3 cm³/mol. The molecule has 1 aromatic heterocycles. The molecule has 1 saturated heterocycles. The second-order valence-corrected chi connectivity index (χ2v) is 8.16. The van der Waals surface area contributed by atoms with Gasteiger partial charge in [0, 0.05) is 29.7 Å². The number of benzene rings is 1. The zero-order valence-electron chi connectivity index (χ0n) is 12.7. The van der Waals surface area contributed by atoms with Gasteiger partial charge in [-0.25, -0.2) is 17.6 Å². The van der Waals surface area contributed by atoms with Crippen molar-refractivity contribution in [2.45, 2.75) is 19.0 Å². The largest absolute Gasteiger partial charge is 0.357 e. The minimum Gasteiger partial charge on any atom is -0.357 e. The van der Waals surface area contributed by atoms with Gasteiger partial charge in [0.1, 0.15) is 5.82 Å². The lowest BCUT2D eigenvalue weighted by Gasteiger charge is -2.19. The topological polar surface area (TPSA) is 82.3 Å². The molecule has 0 aliphatic carbocycles. The number of carbonyl (C=O) groups excluding carboxylic acids is 1. The number of fused-ring (bicyclic) bond motifs is 1. The van der Waals surface area contributed by atoms with E-state index in [2.05, 4.69) is 10.3 Å². The molecule has 0 saturated carbocycles. The van der Waals surface area contributed by atoms with Crippen molar-refractivity contribution in [2.75, 3.05) is 18.6 Å². The average Bonchev–Trinajstić information content (AvgIpc) is 3.00. The number of carbonyl (C=O) groups is 1. The number of amides is 2. The highest BCUT2D eigenvalue weighted by atomic mass is 32.2. The summed E-state index contributed by atoms with van der Waals surface area (Å²) < 4.78 is 36.0. The summed E-state index contributed by atoms with van der Waals surface area (Å²) in [7, 11) is -1.39. The predicted octanol–water partition coefficient (Wildman–Crippen LogP) is 1.64. The van der Waals surface area contributed by atoms with E-state index >= 15 is 0 Å². The van der Waals surface area contributed by atoms with Crippen molar-refractivity contribution in [2.24, 2.45) is 0 Å². The summed E-state index contributed by atoms with van der Waals surface area (Å²) in [6.45, 7) is 0.321. The van der Waals surface area contributed by atoms with Gasteiger partial charge in [0.15, 0.2) is 9.84 Å². The molecular formula is C15H18FN3O3S. The molecule has 0 bridgehead atoms. The Bertz CT molecular complexity index is 847. The van der Waals surface area contributed by atoms with E-state index in [4.69, 9.17) is 0 Å². The van der Waals surface area contributed by atoms with Crippen molar-refractivity contribution < 1.29 is 17.6 Å². The highest BCUT2D eigenvalue weighted by Crippen LogP contribution is 2.18. The zero-order valence-corrected chi connectivity index (χ0v) is 13.5. The number of urea groups is 1. The number of hydrogen-bond donors (Lipinski definition) is 2. The van der Waals surface area contributed by atoms with Gasteiger partial charge in [-0.3, -0.25) is 0 Å². The molecule has 0 spiro atoms. The monoisotopic (exact) mass is 339 g/mol. The number of H-pyrrole nitrogens is 1. The standard InChI is InChI=1S/C15H18FN3O3S/c1-19(15(20)18-12-4-5-23(21,22)9-12)8-13-7-10-6-11(16)2-3-14(10)17-13/h2-3,6-7,12,17H,4-5,8-9H2,1H3,(H,18,20)/t12-/m0/s1. The van der Waals surface area contributed by atoms with Crippen molar-refractivity contribution in [3.05, 3.63) is 35.8 Å². The zero-order chi connectivity index (χ0) is 16.6. The van der Waals surface area contributed by atoms with Crippen molar-refractivity contribution >= 4 is 26.8 Å². The fourth-order valence-corrected chi connectivity index (χ4v) is 4.44. The molecule has 6 nitrogen and oxygen atoms in total. The molecule has 124 valence electrons. The van der Waals surface area contributed by atoms with Gasteiger partial charge < -0.3 is 15.2 Å². The molecule has 1 fully saturated rings. The highest BCUT2D eigenvalue weighted by molar-refractivity contribution is 7.91. The number of nitrogens with zero attached hydrogens (tertiary/aromatic N) is 1. The third kappa shape index (κ3) is 3.64. The number of aromatic nitrogens is 1. The Morgan fingerprint density at radius 3 is 2.91 bits per heavy atom. The third-order valence-electron chi connectivity index (χ3n) is 3.95. The quantitative estimate of drug-likeness (QED) is 0.892. The van der Waals surface area contributed by atoms with E-state index in [9.17, 15) is 17.6 Å². The maximum atomic E-state index is 13.2. The van der Waals surface area contributed by atoms with Crippen LogP contribution in [0.3, 0.4) is 0 Å². The molecule has 1 aliphatic rings. The molecule has 0 radical (unpaired) electrons.